The number of nitrogens with one attached hydrogen (secondary N) is 1. The average Bonchev–Trinajstić information content (AvgIpc) is 2.92. The zero-order valence-corrected chi connectivity index (χ0v) is 9.05. The van der Waals surface area contributed by atoms with Crippen LogP contribution in [-0.4, -0.2) is 16.5 Å². The summed E-state index contributed by atoms with van der Waals surface area (Å²) in [6.45, 7) is 1.00. The number of nitrogens with zero attached hydrogens (tertiary/aromatic N) is 2. The van der Waals surface area contributed by atoms with E-state index in [1.807, 2.05) is 11.4 Å². The minimum atomic E-state index is 0.350. The fraction of sp³-hybridized carbons (Fsp3) is 0.400. The van der Waals surface area contributed by atoms with Crippen LogP contribution in [0.5, 0.6) is 0 Å². The van der Waals surface area contributed by atoms with Crippen molar-refractivity contribution in [3.05, 3.63) is 11.4 Å². The summed E-state index contributed by atoms with van der Waals surface area (Å²) in [6, 6.07) is 2.04. The van der Waals surface area contributed by atoms with Crippen LogP contribution in [-0.2, 0) is 0 Å². The highest BCUT2D eigenvalue weighted by Crippen LogP contribution is 2.30. The van der Waals surface area contributed by atoms with Crippen molar-refractivity contribution in [2.45, 2.75) is 12.8 Å². The molecule has 2 heterocycles. The Morgan fingerprint density at radius 3 is 3.13 bits per heavy atom. The monoisotopic (exact) mass is 220 g/mol. The van der Waals surface area contributed by atoms with E-state index in [-0.39, 0.29) is 0 Å². The van der Waals surface area contributed by atoms with E-state index < -0.39 is 0 Å². The minimum Gasteiger partial charge on any atom is -0.369 e. The maximum absolute atomic E-state index is 5.65. The molecule has 0 aromatic carbocycles. The van der Waals surface area contributed by atoms with Crippen molar-refractivity contribution in [3.8, 4) is 0 Å². The summed E-state index contributed by atoms with van der Waals surface area (Å²) in [6.07, 6.45) is 2.67. The van der Waals surface area contributed by atoms with Gasteiger partial charge in [0.15, 0.2) is 0 Å². The fourth-order valence-corrected chi connectivity index (χ4v) is 2.34. The van der Waals surface area contributed by atoms with Gasteiger partial charge in [-0.15, -0.1) is 11.3 Å². The topological polar surface area (TPSA) is 63.8 Å². The molecular weight excluding hydrogens is 208 g/mol. The smallest absolute Gasteiger partial charge is 0.223 e. The third kappa shape index (κ3) is 1.74. The van der Waals surface area contributed by atoms with Crippen LogP contribution in [0.25, 0.3) is 10.2 Å². The van der Waals surface area contributed by atoms with Gasteiger partial charge in [-0.1, -0.05) is 0 Å². The molecular formula is C10H12N4S. The predicted molar refractivity (Wildman–Crippen MR) is 63.0 cm³/mol. The summed E-state index contributed by atoms with van der Waals surface area (Å²) in [7, 11) is 0. The molecule has 78 valence electrons. The van der Waals surface area contributed by atoms with E-state index in [0.29, 0.717) is 5.95 Å². The van der Waals surface area contributed by atoms with Gasteiger partial charge in [0.1, 0.15) is 10.6 Å². The lowest BCUT2D eigenvalue weighted by atomic mass is 10.3. The van der Waals surface area contributed by atoms with Crippen LogP contribution in [0.2, 0.25) is 0 Å². The molecule has 0 aliphatic heterocycles. The van der Waals surface area contributed by atoms with E-state index in [4.69, 9.17) is 5.73 Å². The molecule has 1 aliphatic rings. The molecule has 0 amide bonds. The number of fused-ring (bicyclic) bond motifs is 1. The Hall–Kier alpha value is -1.36. The molecule has 2 aromatic heterocycles. The number of nitrogen functional groups attached to an aromatic ring is 1. The molecule has 1 fully saturated rings. The number of aromatic nitrogens is 2. The zero-order valence-electron chi connectivity index (χ0n) is 8.23. The van der Waals surface area contributed by atoms with Gasteiger partial charge >= 0.3 is 0 Å². The van der Waals surface area contributed by atoms with Crippen LogP contribution in [0.4, 0.5) is 11.8 Å². The molecule has 0 spiro atoms. The fourth-order valence-electron chi connectivity index (χ4n) is 1.57. The van der Waals surface area contributed by atoms with Gasteiger partial charge in [0, 0.05) is 6.54 Å². The summed E-state index contributed by atoms with van der Waals surface area (Å²) >= 11 is 1.59. The normalized spacial score (nSPS) is 15.7. The standard InChI is InChI=1S/C10H12N4S/c11-10-13-8(12-5-6-1-2-6)7-3-4-15-9(7)14-10/h3-4,6H,1-2,5H2,(H3,11,12,13,14). The van der Waals surface area contributed by atoms with Gasteiger partial charge in [-0.05, 0) is 30.2 Å². The first kappa shape index (κ1) is 8.91. The van der Waals surface area contributed by atoms with E-state index in [1.54, 1.807) is 11.3 Å². The van der Waals surface area contributed by atoms with Crippen molar-refractivity contribution < 1.29 is 0 Å². The van der Waals surface area contributed by atoms with Gasteiger partial charge in [-0.25, -0.2) is 4.98 Å². The molecule has 1 aliphatic carbocycles. The van der Waals surface area contributed by atoms with Crippen molar-refractivity contribution >= 4 is 33.3 Å². The molecule has 3 N–H and O–H groups in total. The van der Waals surface area contributed by atoms with E-state index in [2.05, 4.69) is 15.3 Å². The van der Waals surface area contributed by atoms with E-state index in [9.17, 15) is 0 Å². The maximum atomic E-state index is 5.65. The Balaban J connectivity index is 1.95. The number of thiophene rings is 1. The third-order valence-electron chi connectivity index (χ3n) is 2.60. The second kappa shape index (κ2) is 3.34. The van der Waals surface area contributed by atoms with Crippen molar-refractivity contribution in [1.82, 2.24) is 9.97 Å². The van der Waals surface area contributed by atoms with E-state index >= 15 is 0 Å². The summed E-state index contributed by atoms with van der Waals surface area (Å²) in [5.41, 5.74) is 5.65. The van der Waals surface area contributed by atoms with Crippen LogP contribution < -0.4 is 11.1 Å². The molecule has 2 aromatic rings. The molecule has 4 nitrogen and oxygen atoms in total. The largest absolute Gasteiger partial charge is 0.369 e. The first-order valence-electron chi connectivity index (χ1n) is 5.07. The van der Waals surface area contributed by atoms with Crippen LogP contribution in [0.15, 0.2) is 11.4 Å². The molecule has 15 heavy (non-hydrogen) atoms. The number of anilines is 2. The van der Waals surface area contributed by atoms with Crippen molar-refractivity contribution in [1.29, 1.82) is 0 Å². The Kier molecular flexibility index (Phi) is 1.98. The van der Waals surface area contributed by atoms with Gasteiger partial charge in [0.05, 0.1) is 5.39 Å². The summed E-state index contributed by atoms with van der Waals surface area (Å²) in [5, 5.41) is 6.45. The summed E-state index contributed by atoms with van der Waals surface area (Å²) in [4.78, 5) is 9.38. The number of nitrogens with two attached hydrogens (primary N) is 1. The van der Waals surface area contributed by atoms with Gasteiger partial charge in [0.2, 0.25) is 5.95 Å². The first-order valence-corrected chi connectivity index (χ1v) is 5.95. The highest BCUT2D eigenvalue weighted by atomic mass is 32.1. The van der Waals surface area contributed by atoms with Gasteiger partial charge in [-0.3, -0.25) is 0 Å². The van der Waals surface area contributed by atoms with Crippen LogP contribution in [0.3, 0.4) is 0 Å². The number of hydrogen-bond donors (Lipinski definition) is 2. The third-order valence-corrected chi connectivity index (χ3v) is 3.40. The molecule has 1 saturated carbocycles. The van der Waals surface area contributed by atoms with Crippen LogP contribution in [0, 0.1) is 5.92 Å². The number of rotatable bonds is 3. The molecule has 0 bridgehead atoms. The molecule has 0 atom stereocenters. The predicted octanol–water partition coefficient (Wildman–Crippen LogP) is 2.10. The molecule has 3 rings (SSSR count). The quantitative estimate of drug-likeness (QED) is 0.831. The van der Waals surface area contributed by atoms with Crippen molar-refractivity contribution in [2.24, 2.45) is 5.92 Å². The summed E-state index contributed by atoms with van der Waals surface area (Å²) < 4.78 is 0. The van der Waals surface area contributed by atoms with E-state index in [1.165, 1.54) is 12.8 Å². The Morgan fingerprint density at radius 1 is 1.47 bits per heavy atom. The SMILES string of the molecule is Nc1nc(NCC2CC2)c2ccsc2n1. The lowest BCUT2D eigenvalue weighted by Gasteiger charge is -2.05. The highest BCUT2D eigenvalue weighted by Gasteiger charge is 2.21. The Bertz CT molecular complexity index is 489. The van der Waals surface area contributed by atoms with Crippen LogP contribution >= 0.6 is 11.3 Å². The highest BCUT2D eigenvalue weighted by molar-refractivity contribution is 7.16. The molecule has 5 heteroatoms. The lowest BCUT2D eigenvalue weighted by Crippen LogP contribution is -2.07. The average molecular weight is 220 g/mol. The van der Waals surface area contributed by atoms with Gasteiger partial charge < -0.3 is 11.1 Å². The second-order valence-corrected chi connectivity index (χ2v) is 4.79. The maximum Gasteiger partial charge on any atom is 0.223 e. The summed E-state index contributed by atoms with van der Waals surface area (Å²) in [5.74, 6) is 2.06. The lowest BCUT2D eigenvalue weighted by molar-refractivity contribution is 0.884. The van der Waals surface area contributed by atoms with Crippen LogP contribution in [0.1, 0.15) is 12.8 Å². The van der Waals surface area contributed by atoms with Gasteiger partial charge in [-0.2, -0.15) is 4.98 Å². The Morgan fingerprint density at radius 2 is 2.33 bits per heavy atom. The minimum absolute atomic E-state index is 0.350. The Labute approximate surface area is 91.5 Å². The molecule has 0 radical (unpaired) electrons. The second-order valence-electron chi connectivity index (χ2n) is 3.89. The zero-order chi connectivity index (χ0) is 10.3. The molecule has 0 unspecified atom stereocenters. The van der Waals surface area contributed by atoms with E-state index in [0.717, 1.165) is 28.5 Å². The first-order chi connectivity index (χ1) is 7.33. The van der Waals surface area contributed by atoms with Gasteiger partial charge in [0.25, 0.3) is 0 Å². The number of hydrogen-bond acceptors (Lipinski definition) is 5. The van der Waals surface area contributed by atoms with Crippen molar-refractivity contribution in [3.63, 3.8) is 0 Å². The van der Waals surface area contributed by atoms with Crippen molar-refractivity contribution in [2.75, 3.05) is 17.6 Å². The molecule has 0 saturated heterocycles.